The third-order valence-corrected chi connectivity index (χ3v) is 2.79. The summed E-state index contributed by atoms with van der Waals surface area (Å²) >= 11 is 3.47. The minimum absolute atomic E-state index is 0.375. The summed E-state index contributed by atoms with van der Waals surface area (Å²) < 4.78 is 1.12. The Labute approximate surface area is 100 Å². The number of halogens is 1. The van der Waals surface area contributed by atoms with E-state index >= 15 is 0 Å². The van der Waals surface area contributed by atoms with Gasteiger partial charge in [-0.3, -0.25) is 0 Å². The fraction of sp³-hybridized carbons (Fsp3) is 0.385. The van der Waals surface area contributed by atoms with Crippen LogP contribution < -0.4 is 5.32 Å². The molecule has 1 rings (SSSR count). The van der Waals surface area contributed by atoms with Crippen molar-refractivity contribution in [1.82, 2.24) is 5.32 Å². The van der Waals surface area contributed by atoms with Gasteiger partial charge in [0.15, 0.2) is 0 Å². The van der Waals surface area contributed by atoms with Crippen molar-refractivity contribution in [3.8, 4) is 12.3 Å². The lowest BCUT2D eigenvalue weighted by molar-refractivity contribution is 0.562. The predicted molar refractivity (Wildman–Crippen MR) is 68.6 cm³/mol. The quantitative estimate of drug-likeness (QED) is 0.635. The van der Waals surface area contributed by atoms with Crippen LogP contribution in [-0.2, 0) is 0 Å². The monoisotopic (exact) mass is 265 g/mol. The molecule has 0 aliphatic heterocycles. The zero-order chi connectivity index (χ0) is 11.1. The molecule has 0 unspecified atom stereocenters. The average Bonchev–Trinajstić information content (AvgIpc) is 2.24. The molecule has 0 aliphatic carbocycles. The van der Waals surface area contributed by atoms with Crippen LogP contribution in [0.5, 0.6) is 0 Å². The zero-order valence-corrected chi connectivity index (χ0v) is 10.5. The maximum atomic E-state index is 5.19. The normalized spacial score (nSPS) is 12.1. The molecule has 0 saturated carbocycles. The molecule has 15 heavy (non-hydrogen) atoms. The summed E-state index contributed by atoms with van der Waals surface area (Å²) in [5.74, 6) is 2.64. The molecule has 0 amide bonds. The van der Waals surface area contributed by atoms with E-state index < -0.39 is 0 Å². The van der Waals surface area contributed by atoms with Gasteiger partial charge in [-0.15, -0.1) is 12.3 Å². The first-order chi connectivity index (χ1) is 7.24. The van der Waals surface area contributed by atoms with Crippen molar-refractivity contribution in [1.29, 1.82) is 0 Å². The first kappa shape index (κ1) is 12.3. The number of hydrogen-bond donors (Lipinski definition) is 1. The van der Waals surface area contributed by atoms with Crippen molar-refractivity contribution in [2.45, 2.75) is 25.8 Å². The highest BCUT2D eigenvalue weighted by Crippen LogP contribution is 2.17. The molecule has 1 N–H and O–H groups in total. The molecule has 1 aromatic carbocycles. The lowest BCUT2D eigenvalue weighted by Crippen LogP contribution is -2.19. The van der Waals surface area contributed by atoms with Crippen LogP contribution in [0.2, 0.25) is 0 Å². The number of terminal acetylenes is 1. The van der Waals surface area contributed by atoms with Crippen LogP contribution in [0.4, 0.5) is 0 Å². The van der Waals surface area contributed by atoms with Gasteiger partial charge < -0.3 is 5.32 Å². The van der Waals surface area contributed by atoms with Gasteiger partial charge in [-0.25, -0.2) is 0 Å². The molecule has 0 radical (unpaired) electrons. The average molecular weight is 266 g/mol. The first-order valence-electron chi connectivity index (χ1n) is 5.16. The molecular formula is C13H16BrN. The number of benzene rings is 1. The van der Waals surface area contributed by atoms with Gasteiger partial charge in [0.25, 0.3) is 0 Å². The third kappa shape index (κ3) is 4.51. The Morgan fingerprint density at radius 2 is 2.33 bits per heavy atom. The van der Waals surface area contributed by atoms with Crippen molar-refractivity contribution in [2.24, 2.45) is 0 Å². The molecule has 0 aromatic heterocycles. The summed E-state index contributed by atoms with van der Waals surface area (Å²) in [6.45, 7) is 3.13. The summed E-state index contributed by atoms with van der Waals surface area (Å²) in [6.07, 6.45) is 7.07. The van der Waals surface area contributed by atoms with E-state index in [1.165, 1.54) is 5.56 Å². The predicted octanol–water partition coefficient (Wildman–Crippen LogP) is 3.51. The van der Waals surface area contributed by atoms with Crippen LogP contribution in [0.25, 0.3) is 0 Å². The van der Waals surface area contributed by atoms with Crippen molar-refractivity contribution in [3.05, 3.63) is 34.3 Å². The highest BCUT2D eigenvalue weighted by atomic mass is 79.9. The van der Waals surface area contributed by atoms with Gasteiger partial charge in [0, 0.05) is 16.9 Å². The summed E-state index contributed by atoms with van der Waals surface area (Å²) in [5.41, 5.74) is 1.30. The molecule has 0 bridgehead atoms. The van der Waals surface area contributed by atoms with E-state index in [2.05, 4.69) is 52.3 Å². The lowest BCUT2D eigenvalue weighted by atomic mass is 10.1. The second-order valence-electron chi connectivity index (χ2n) is 3.54. The van der Waals surface area contributed by atoms with Crippen LogP contribution in [0.15, 0.2) is 28.7 Å². The molecule has 0 saturated heterocycles. The van der Waals surface area contributed by atoms with Crippen molar-refractivity contribution < 1.29 is 0 Å². The van der Waals surface area contributed by atoms with Crippen molar-refractivity contribution in [3.63, 3.8) is 0 Å². The summed E-state index contributed by atoms with van der Waals surface area (Å²) in [6, 6.07) is 8.73. The molecular weight excluding hydrogens is 250 g/mol. The summed E-state index contributed by atoms with van der Waals surface area (Å²) in [5, 5.41) is 3.44. The summed E-state index contributed by atoms with van der Waals surface area (Å²) in [7, 11) is 0. The lowest BCUT2D eigenvalue weighted by Gasteiger charge is -2.13. The standard InChI is InChI=1S/C13H16BrN/c1-3-4-5-9-15-11(2)12-7-6-8-13(14)10-12/h1,6-8,10-11,15H,4-5,9H2,2H3/t11-/m1/s1. The van der Waals surface area contributed by atoms with E-state index in [1.807, 2.05) is 6.07 Å². The Balaban J connectivity index is 2.40. The third-order valence-electron chi connectivity index (χ3n) is 2.30. The Morgan fingerprint density at radius 1 is 1.53 bits per heavy atom. The van der Waals surface area contributed by atoms with Gasteiger partial charge in [-0.1, -0.05) is 28.1 Å². The molecule has 0 aliphatic rings. The SMILES string of the molecule is C#CCCCN[C@H](C)c1cccc(Br)c1. The van der Waals surface area contributed by atoms with Gasteiger partial charge >= 0.3 is 0 Å². The Kier molecular flexibility index (Phi) is 5.45. The van der Waals surface area contributed by atoms with E-state index in [0.29, 0.717) is 6.04 Å². The smallest absolute Gasteiger partial charge is 0.0292 e. The van der Waals surface area contributed by atoms with Crippen LogP contribution in [-0.4, -0.2) is 6.54 Å². The summed E-state index contributed by atoms with van der Waals surface area (Å²) in [4.78, 5) is 0. The highest BCUT2D eigenvalue weighted by molar-refractivity contribution is 9.10. The minimum atomic E-state index is 0.375. The van der Waals surface area contributed by atoms with E-state index in [0.717, 1.165) is 23.9 Å². The van der Waals surface area contributed by atoms with E-state index in [4.69, 9.17) is 6.42 Å². The molecule has 2 heteroatoms. The molecule has 1 atom stereocenters. The number of rotatable bonds is 5. The minimum Gasteiger partial charge on any atom is -0.310 e. The van der Waals surface area contributed by atoms with Crippen LogP contribution >= 0.6 is 15.9 Å². The fourth-order valence-electron chi connectivity index (χ4n) is 1.40. The Bertz CT molecular complexity index is 341. The van der Waals surface area contributed by atoms with Gasteiger partial charge in [-0.05, 0) is 37.6 Å². The molecule has 1 nitrogen and oxygen atoms in total. The van der Waals surface area contributed by atoms with Crippen LogP contribution in [0.3, 0.4) is 0 Å². The van der Waals surface area contributed by atoms with Gasteiger partial charge in [0.2, 0.25) is 0 Å². The Hall–Kier alpha value is -0.780. The molecule has 80 valence electrons. The van der Waals surface area contributed by atoms with E-state index in [1.54, 1.807) is 0 Å². The Morgan fingerprint density at radius 3 is 3.00 bits per heavy atom. The first-order valence-corrected chi connectivity index (χ1v) is 5.95. The number of nitrogens with one attached hydrogen (secondary N) is 1. The van der Waals surface area contributed by atoms with Crippen molar-refractivity contribution in [2.75, 3.05) is 6.54 Å². The van der Waals surface area contributed by atoms with E-state index in [-0.39, 0.29) is 0 Å². The topological polar surface area (TPSA) is 12.0 Å². The number of hydrogen-bond acceptors (Lipinski definition) is 1. The fourth-order valence-corrected chi connectivity index (χ4v) is 1.82. The van der Waals surface area contributed by atoms with Gasteiger partial charge in [-0.2, -0.15) is 0 Å². The largest absolute Gasteiger partial charge is 0.310 e. The maximum absolute atomic E-state index is 5.19. The van der Waals surface area contributed by atoms with Crippen molar-refractivity contribution >= 4 is 15.9 Å². The van der Waals surface area contributed by atoms with Crippen LogP contribution in [0, 0.1) is 12.3 Å². The number of unbranched alkanes of at least 4 members (excludes halogenated alkanes) is 1. The van der Waals surface area contributed by atoms with Gasteiger partial charge in [0.05, 0.1) is 0 Å². The van der Waals surface area contributed by atoms with E-state index in [9.17, 15) is 0 Å². The molecule has 0 spiro atoms. The second-order valence-corrected chi connectivity index (χ2v) is 4.45. The second kappa shape index (κ2) is 6.66. The highest BCUT2D eigenvalue weighted by Gasteiger charge is 2.03. The maximum Gasteiger partial charge on any atom is 0.0292 e. The molecule has 0 fully saturated rings. The van der Waals surface area contributed by atoms with Gasteiger partial charge in [0.1, 0.15) is 0 Å². The molecule has 1 aromatic rings. The van der Waals surface area contributed by atoms with Crippen LogP contribution in [0.1, 0.15) is 31.4 Å². The zero-order valence-electron chi connectivity index (χ0n) is 8.96. The molecule has 0 heterocycles.